The summed E-state index contributed by atoms with van der Waals surface area (Å²) < 4.78 is 36.1. The van der Waals surface area contributed by atoms with Crippen LogP contribution in [0.5, 0.6) is 5.75 Å². The van der Waals surface area contributed by atoms with Crippen molar-refractivity contribution in [3.05, 3.63) is 23.8 Å². The second-order valence-corrected chi connectivity index (χ2v) is 3.69. The first-order chi connectivity index (χ1) is 8.08. The molecule has 0 bridgehead atoms. The van der Waals surface area contributed by atoms with Gasteiger partial charge in [0, 0.05) is 6.92 Å². The first kappa shape index (κ1) is 11.6. The first-order valence-electron chi connectivity index (χ1n) is 5.08. The molecule has 1 aliphatic rings. The normalized spacial score (nSPS) is 17.7. The number of carbonyl (C=O) groups excluding carboxylic acids is 1. The molecule has 6 heteroatoms. The van der Waals surface area contributed by atoms with Crippen LogP contribution in [0.3, 0.4) is 0 Å². The predicted molar refractivity (Wildman–Crippen MR) is 55.9 cm³/mol. The fourth-order valence-electron chi connectivity index (χ4n) is 1.54. The van der Waals surface area contributed by atoms with Crippen LogP contribution in [0.4, 0.5) is 14.5 Å². The van der Waals surface area contributed by atoms with E-state index in [1.165, 1.54) is 13.0 Å². The molecule has 0 saturated heterocycles. The van der Waals surface area contributed by atoms with Crippen LogP contribution in [-0.4, -0.2) is 25.2 Å². The van der Waals surface area contributed by atoms with Crippen molar-refractivity contribution in [2.45, 2.75) is 13.0 Å². The zero-order chi connectivity index (χ0) is 12.4. The molecule has 0 aliphatic carbocycles. The molecule has 2 rings (SSSR count). The van der Waals surface area contributed by atoms with Gasteiger partial charge in [-0.05, 0) is 12.1 Å². The third-order valence-electron chi connectivity index (χ3n) is 2.33. The highest BCUT2D eigenvalue weighted by Crippen LogP contribution is 2.33. The third-order valence-corrected chi connectivity index (χ3v) is 2.33. The molecule has 17 heavy (non-hydrogen) atoms. The van der Waals surface area contributed by atoms with E-state index in [0.717, 1.165) is 6.07 Å². The first-order valence-corrected chi connectivity index (χ1v) is 5.08. The summed E-state index contributed by atoms with van der Waals surface area (Å²) in [5.41, 5.74) is 0.354. The highest BCUT2D eigenvalue weighted by molar-refractivity contribution is 5.66. The molecular weight excluding hydrogens is 232 g/mol. The van der Waals surface area contributed by atoms with Crippen molar-refractivity contribution < 1.29 is 23.0 Å². The Kier molecular flexibility index (Phi) is 3.12. The minimum Gasteiger partial charge on any atom is -0.486 e. The number of rotatable bonds is 2. The molecule has 4 nitrogen and oxygen atoms in total. The number of hydrogen-bond donors (Lipinski definition) is 1. The molecule has 1 heterocycles. The summed E-state index contributed by atoms with van der Waals surface area (Å²) >= 11 is 0. The van der Waals surface area contributed by atoms with Crippen molar-refractivity contribution in [1.29, 1.82) is 0 Å². The average molecular weight is 243 g/mol. The summed E-state index contributed by atoms with van der Waals surface area (Å²) in [5.74, 6) is -2.50. The maximum Gasteiger partial charge on any atom is 0.302 e. The molecule has 1 aromatic carbocycles. The van der Waals surface area contributed by atoms with Crippen molar-refractivity contribution in [2.24, 2.45) is 0 Å². The van der Waals surface area contributed by atoms with E-state index in [9.17, 15) is 13.6 Å². The Hall–Kier alpha value is -1.85. The lowest BCUT2D eigenvalue weighted by atomic mass is 10.2. The van der Waals surface area contributed by atoms with Gasteiger partial charge in [-0.3, -0.25) is 4.79 Å². The summed E-state index contributed by atoms with van der Waals surface area (Å²) in [6.45, 7) is 1.53. The number of benzene rings is 1. The minimum atomic E-state index is -1.01. The number of ether oxygens (including phenoxy) is 2. The Labute approximate surface area is 96.5 Å². The zero-order valence-corrected chi connectivity index (χ0v) is 9.13. The van der Waals surface area contributed by atoms with E-state index in [4.69, 9.17) is 9.47 Å². The molecule has 0 saturated carbocycles. The van der Waals surface area contributed by atoms with Crippen molar-refractivity contribution in [3.63, 3.8) is 0 Å². The van der Waals surface area contributed by atoms with E-state index in [1.54, 1.807) is 0 Å². The van der Waals surface area contributed by atoms with Crippen LogP contribution in [0.15, 0.2) is 12.1 Å². The largest absolute Gasteiger partial charge is 0.486 e. The second-order valence-electron chi connectivity index (χ2n) is 3.69. The monoisotopic (exact) mass is 243 g/mol. The lowest BCUT2D eigenvalue weighted by molar-refractivity contribution is -0.141. The summed E-state index contributed by atoms with van der Waals surface area (Å²) in [6.07, 6.45) is 0. The van der Waals surface area contributed by atoms with E-state index in [0.29, 0.717) is 5.69 Å². The highest BCUT2D eigenvalue weighted by Gasteiger charge is 2.24. The highest BCUT2D eigenvalue weighted by atomic mass is 19.2. The van der Waals surface area contributed by atoms with Crippen molar-refractivity contribution >= 4 is 11.7 Å². The smallest absolute Gasteiger partial charge is 0.302 e. The number of anilines is 1. The van der Waals surface area contributed by atoms with Gasteiger partial charge in [-0.15, -0.1) is 0 Å². The summed E-state index contributed by atoms with van der Waals surface area (Å²) in [6, 6.07) is 2.13. The van der Waals surface area contributed by atoms with Crippen LogP contribution < -0.4 is 10.1 Å². The summed E-state index contributed by atoms with van der Waals surface area (Å²) in [4.78, 5) is 10.6. The van der Waals surface area contributed by atoms with Gasteiger partial charge >= 0.3 is 5.97 Å². The zero-order valence-electron chi connectivity index (χ0n) is 9.13. The molecule has 0 aromatic heterocycles. The molecule has 92 valence electrons. The van der Waals surface area contributed by atoms with Gasteiger partial charge in [-0.25, -0.2) is 4.39 Å². The Morgan fingerprint density at radius 2 is 2.35 bits per heavy atom. The van der Waals surface area contributed by atoms with E-state index in [2.05, 4.69) is 5.32 Å². The maximum atomic E-state index is 13.3. The number of hydrogen-bond acceptors (Lipinski definition) is 4. The molecule has 1 unspecified atom stereocenters. The van der Waals surface area contributed by atoms with Gasteiger partial charge in [0.05, 0.1) is 11.7 Å². The molecule has 0 spiro atoms. The molecule has 1 aromatic rings. The SMILES string of the molecule is CC(=O)OCC1COc2c(ccc(F)c2F)N1. The van der Waals surface area contributed by atoms with Crippen LogP contribution in [0, 0.1) is 11.6 Å². The number of esters is 1. The van der Waals surface area contributed by atoms with Gasteiger partial charge in [-0.2, -0.15) is 4.39 Å². The Bertz CT molecular complexity index is 451. The van der Waals surface area contributed by atoms with Gasteiger partial charge in [0.25, 0.3) is 0 Å². The fourth-order valence-corrected chi connectivity index (χ4v) is 1.54. The summed E-state index contributed by atoms with van der Waals surface area (Å²) in [5, 5.41) is 2.91. The van der Waals surface area contributed by atoms with Gasteiger partial charge in [0.15, 0.2) is 11.6 Å². The molecular formula is C11H11F2NO3. The Morgan fingerprint density at radius 3 is 3.06 bits per heavy atom. The lowest BCUT2D eigenvalue weighted by Gasteiger charge is -2.27. The van der Waals surface area contributed by atoms with E-state index < -0.39 is 17.6 Å². The van der Waals surface area contributed by atoms with Crippen molar-refractivity contribution in [3.8, 4) is 5.75 Å². The number of carbonyl (C=O) groups is 1. The summed E-state index contributed by atoms with van der Waals surface area (Å²) in [7, 11) is 0. The molecule has 0 radical (unpaired) electrons. The topological polar surface area (TPSA) is 47.6 Å². The Morgan fingerprint density at radius 1 is 1.59 bits per heavy atom. The van der Waals surface area contributed by atoms with Gasteiger partial charge < -0.3 is 14.8 Å². The van der Waals surface area contributed by atoms with Crippen LogP contribution in [0.1, 0.15) is 6.92 Å². The maximum absolute atomic E-state index is 13.3. The molecule has 1 atom stereocenters. The van der Waals surface area contributed by atoms with E-state index >= 15 is 0 Å². The minimum absolute atomic E-state index is 0.112. The van der Waals surface area contributed by atoms with Crippen molar-refractivity contribution in [2.75, 3.05) is 18.5 Å². The Balaban J connectivity index is 2.09. The van der Waals surface area contributed by atoms with Gasteiger partial charge in [-0.1, -0.05) is 0 Å². The number of fused-ring (bicyclic) bond motifs is 1. The van der Waals surface area contributed by atoms with Gasteiger partial charge in [0.1, 0.15) is 13.2 Å². The van der Waals surface area contributed by atoms with Gasteiger partial charge in [0.2, 0.25) is 5.82 Å². The average Bonchev–Trinajstić information content (AvgIpc) is 2.31. The lowest BCUT2D eigenvalue weighted by Crippen LogP contribution is -2.36. The third kappa shape index (κ3) is 2.46. The molecule has 0 amide bonds. The molecule has 1 aliphatic heterocycles. The van der Waals surface area contributed by atoms with Crippen LogP contribution >= 0.6 is 0 Å². The van der Waals surface area contributed by atoms with Crippen LogP contribution in [-0.2, 0) is 9.53 Å². The number of halogens is 2. The standard InChI is InChI=1S/C11H11F2NO3/c1-6(15)16-4-7-5-17-11-9(14-7)3-2-8(12)10(11)13/h2-3,7,14H,4-5H2,1H3. The fraction of sp³-hybridized carbons (Fsp3) is 0.364. The second kappa shape index (κ2) is 4.57. The van der Waals surface area contributed by atoms with Crippen LogP contribution in [0.25, 0.3) is 0 Å². The van der Waals surface area contributed by atoms with Crippen LogP contribution in [0.2, 0.25) is 0 Å². The van der Waals surface area contributed by atoms with E-state index in [1.807, 2.05) is 0 Å². The molecule has 1 N–H and O–H groups in total. The van der Waals surface area contributed by atoms with E-state index in [-0.39, 0.29) is 25.0 Å². The quantitative estimate of drug-likeness (QED) is 0.803. The molecule has 0 fully saturated rings. The number of nitrogens with one attached hydrogen (secondary N) is 1. The predicted octanol–water partition coefficient (Wildman–Crippen LogP) is 1.70. The van der Waals surface area contributed by atoms with Crippen molar-refractivity contribution in [1.82, 2.24) is 0 Å².